The normalized spacial score (nSPS) is 19.9. The summed E-state index contributed by atoms with van der Waals surface area (Å²) in [5, 5.41) is 0.838. The number of carbonyl (C=O) groups is 2. The number of carbonyl (C=O) groups excluding carboxylic acids is 2. The van der Waals surface area contributed by atoms with Crippen LogP contribution in [-0.2, 0) is 20.9 Å². The third-order valence-electron chi connectivity index (χ3n) is 5.87. The Hall–Kier alpha value is -2.32. The van der Waals surface area contributed by atoms with Crippen molar-refractivity contribution in [1.29, 1.82) is 0 Å². The molecule has 2 amide bonds. The summed E-state index contributed by atoms with van der Waals surface area (Å²) in [6.07, 6.45) is 5.50. The molecular weight excluding hydrogens is 400 g/mol. The van der Waals surface area contributed by atoms with Crippen LogP contribution in [-0.4, -0.2) is 57.8 Å². The van der Waals surface area contributed by atoms with Crippen molar-refractivity contribution in [1.82, 2.24) is 14.5 Å². The van der Waals surface area contributed by atoms with Gasteiger partial charge in [-0.1, -0.05) is 42.1 Å². The van der Waals surface area contributed by atoms with Gasteiger partial charge in [0.2, 0.25) is 11.8 Å². The Kier molecular flexibility index (Phi) is 6.74. The van der Waals surface area contributed by atoms with Crippen LogP contribution < -0.4 is 5.73 Å². The number of rotatable bonds is 7. The SMILES string of the molecule is NC(=O)C1CCN(C(=O)CSc2ncc(-c3ccccc3)n2CC2CCCO2)CC1. The predicted molar refractivity (Wildman–Crippen MR) is 116 cm³/mol. The molecule has 2 fully saturated rings. The molecular formula is C22H28N4O3S. The van der Waals surface area contributed by atoms with Crippen molar-refractivity contribution in [2.24, 2.45) is 11.7 Å². The predicted octanol–water partition coefficient (Wildman–Crippen LogP) is 2.55. The molecule has 3 heterocycles. The number of likely N-dealkylation sites (tertiary alicyclic amines) is 1. The van der Waals surface area contributed by atoms with E-state index in [9.17, 15) is 9.59 Å². The molecule has 0 aliphatic carbocycles. The van der Waals surface area contributed by atoms with E-state index < -0.39 is 0 Å². The number of ether oxygens (including phenoxy) is 1. The molecule has 2 N–H and O–H groups in total. The van der Waals surface area contributed by atoms with E-state index in [2.05, 4.69) is 21.7 Å². The Morgan fingerprint density at radius 3 is 2.60 bits per heavy atom. The summed E-state index contributed by atoms with van der Waals surface area (Å²) >= 11 is 1.47. The van der Waals surface area contributed by atoms with Crippen molar-refractivity contribution in [2.75, 3.05) is 25.4 Å². The Balaban J connectivity index is 1.43. The van der Waals surface area contributed by atoms with Crippen molar-refractivity contribution in [3.8, 4) is 11.3 Å². The van der Waals surface area contributed by atoms with Crippen molar-refractivity contribution in [3.63, 3.8) is 0 Å². The molecule has 2 aromatic rings. The van der Waals surface area contributed by atoms with Gasteiger partial charge in [-0.3, -0.25) is 9.59 Å². The molecule has 1 atom stereocenters. The average Bonchev–Trinajstić information content (AvgIpc) is 3.43. The Morgan fingerprint density at radius 1 is 1.17 bits per heavy atom. The topological polar surface area (TPSA) is 90.5 Å². The van der Waals surface area contributed by atoms with Gasteiger partial charge in [0.1, 0.15) is 0 Å². The van der Waals surface area contributed by atoms with Crippen molar-refractivity contribution >= 4 is 23.6 Å². The molecule has 0 radical (unpaired) electrons. The van der Waals surface area contributed by atoms with E-state index in [1.807, 2.05) is 29.3 Å². The number of hydrogen-bond donors (Lipinski definition) is 1. The second-order valence-electron chi connectivity index (χ2n) is 7.88. The molecule has 30 heavy (non-hydrogen) atoms. The number of thioether (sulfide) groups is 1. The summed E-state index contributed by atoms with van der Waals surface area (Å²) < 4.78 is 8.03. The monoisotopic (exact) mass is 428 g/mol. The van der Waals surface area contributed by atoms with E-state index in [0.29, 0.717) is 31.7 Å². The number of nitrogens with two attached hydrogens (primary N) is 1. The van der Waals surface area contributed by atoms with Gasteiger partial charge in [-0.25, -0.2) is 4.98 Å². The number of piperidine rings is 1. The number of benzene rings is 1. The quantitative estimate of drug-likeness (QED) is 0.685. The van der Waals surface area contributed by atoms with Gasteiger partial charge >= 0.3 is 0 Å². The van der Waals surface area contributed by atoms with Crippen LogP contribution in [0, 0.1) is 5.92 Å². The third kappa shape index (κ3) is 4.87. The number of hydrogen-bond acceptors (Lipinski definition) is 5. The van der Waals surface area contributed by atoms with E-state index in [-0.39, 0.29) is 23.8 Å². The number of primary amides is 1. The van der Waals surface area contributed by atoms with E-state index in [1.54, 1.807) is 0 Å². The number of imidazole rings is 1. The van der Waals surface area contributed by atoms with Crippen LogP contribution in [0.15, 0.2) is 41.7 Å². The number of nitrogens with zero attached hydrogens (tertiary/aromatic N) is 3. The van der Waals surface area contributed by atoms with Crippen LogP contribution in [0.5, 0.6) is 0 Å². The maximum atomic E-state index is 12.7. The lowest BCUT2D eigenvalue weighted by Crippen LogP contribution is -2.42. The molecule has 0 saturated carbocycles. The molecule has 1 aromatic heterocycles. The molecule has 2 saturated heterocycles. The van der Waals surface area contributed by atoms with Gasteiger partial charge in [-0.05, 0) is 31.2 Å². The Morgan fingerprint density at radius 2 is 1.93 bits per heavy atom. The zero-order valence-corrected chi connectivity index (χ0v) is 17.9. The Labute approximate surface area is 181 Å². The van der Waals surface area contributed by atoms with Gasteiger partial charge in [0, 0.05) is 25.6 Å². The van der Waals surface area contributed by atoms with Crippen molar-refractivity contribution in [3.05, 3.63) is 36.5 Å². The van der Waals surface area contributed by atoms with Crippen LogP contribution in [0.25, 0.3) is 11.3 Å². The summed E-state index contributed by atoms with van der Waals surface area (Å²) in [6, 6.07) is 10.2. The third-order valence-corrected chi connectivity index (χ3v) is 6.85. The molecule has 8 heteroatoms. The summed E-state index contributed by atoms with van der Waals surface area (Å²) in [5.41, 5.74) is 7.54. The zero-order valence-electron chi connectivity index (χ0n) is 17.0. The van der Waals surface area contributed by atoms with Gasteiger partial charge in [0.25, 0.3) is 0 Å². The van der Waals surface area contributed by atoms with Crippen LogP contribution in [0.4, 0.5) is 0 Å². The standard InChI is InChI=1S/C22H28N4O3S/c23-21(28)17-8-10-25(11-9-17)20(27)15-30-22-24-13-19(16-5-2-1-3-6-16)26(22)14-18-7-4-12-29-18/h1-3,5-6,13,17-18H,4,7-12,14-15H2,(H2,23,28). The minimum absolute atomic E-state index is 0.0795. The minimum Gasteiger partial charge on any atom is -0.376 e. The Bertz CT molecular complexity index is 872. The van der Waals surface area contributed by atoms with Crippen molar-refractivity contribution in [2.45, 2.75) is 43.5 Å². The summed E-state index contributed by atoms with van der Waals surface area (Å²) in [7, 11) is 0. The zero-order chi connectivity index (χ0) is 20.9. The highest BCUT2D eigenvalue weighted by Crippen LogP contribution is 2.29. The highest BCUT2D eigenvalue weighted by Gasteiger charge is 2.26. The lowest BCUT2D eigenvalue weighted by molar-refractivity contribution is -0.132. The molecule has 4 rings (SSSR count). The van der Waals surface area contributed by atoms with Crippen LogP contribution in [0.1, 0.15) is 25.7 Å². The molecule has 1 unspecified atom stereocenters. The largest absolute Gasteiger partial charge is 0.376 e. The van der Waals surface area contributed by atoms with Gasteiger partial charge in [-0.2, -0.15) is 0 Å². The maximum Gasteiger partial charge on any atom is 0.233 e. The van der Waals surface area contributed by atoms with E-state index in [0.717, 1.165) is 42.4 Å². The summed E-state index contributed by atoms with van der Waals surface area (Å²) in [6.45, 7) is 2.73. The maximum absolute atomic E-state index is 12.7. The molecule has 0 spiro atoms. The number of amides is 2. The van der Waals surface area contributed by atoms with E-state index in [1.165, 1.54) is 11.8 Å². The van der Waals surface area contributed by atoms with Gasteiger partial charge in [-0.15, -0.1) is 0 Å². The van der Waals surface area contributed by atoms with Gasteiger partial charge in [0.05, 0.1) is 30.3 Å². The molecule has 7 nitrogen and oxygen atoms in total. The second-order valence-corrected chi connectivity index (χ2v) is 8.83. The average molecular weight is 429 g/mol. The van der Waals surface area contributed by atoms with Gasteiger partial charge < -0.3 is 19.9 Å². The van der Waals surface area contributed by atoms with Crippen LogP contribution in [0.3, 0.4) is 0 Å². The fourth-order valence-corrected chi connectivity index (χ4v) is 5.00. The lowest BCUT2D eigenvalue weighted by atomic mass is 9.96. The molecule has 1 aromatic carbocycles. The van der Waals surface area contributed by atoms with Gasteiger partial charge in [0.15, 0.2) is 5.16 Å². The number of aromatic nitrogens is 2. The minimum atomic E-state index is -0.263. The highest BCUT2D eigenvalue weighted by molar-refractivity contribution is 7.99. The molecule has 2 aliphatic rings. The fourth-order valence-electron chi connectivity index (χ4n) is 4.11. The molecule has 160 valence electrons. The van der Waals surface area contributed by atoms with E-state index in [4.69, 9.17) is 10.5 Å². The van der Waals surface area contributed by atoms with Crippen LogP contribution in [0.2, 0.25) is 0 Å². The fraction of sp³-hybridized carbons (Fsp3) is 0.500. The summed E-state index contributed by atoms with van der Waals surface area (Å²) in [5.74, 6) is 0.0372. The highest BCUT2D eigenvalue weighted by atomic mass is 32.2. The first-order valence-electron chi connectivity index (χ1n) is 10.5. The smallest absolute Gasteiger partial charge is 0.233 e. The lowest BCUT2D eigenvalue weighted by Gasteiger charge is -2.30. The van der Waals surface area contributed by atoms with Crippen LogP contribution >= 0.6 is 11.8 Å². The van der Waals surface area contributed by atoms with E-state index >= 15 is 0 Å². The first kappa shape index (κ1) is 20.9. The molecule has 2 aliphatic heterocycles. The molecule has 0 bridgehead atoms. The summed E-state index contributed by atoms with van der Waals surface area (Å²) in [4.78, 5) is 30.5. The second kappa shape index (κ2) is 9.66. The van der Waals surface area contributed by atoms with Crippen molar-refractivity contribution < 1.29 is 14.3 Å². The first-order chi connectivity index (χ1) is 14.6. The first-order valence-corrected chi connectivity index (χ1v) is 11.5.